The second kappa shape index (κ2) is 8.40. The fourth-order valence-electron chi connectivity index (χ4n) is 2.33. The van der Waals surface area contributed by atoms with E-state index in [9.17, 15) is 18.8 Å². The van der Waals surface area contributed by atoms with Crippen molar-refractivity contribution < 1.29 is 33.7 Å². The van der Waals surface area contributed by atoms with Gasteiger partial charge in [0, 0.05) is 18.7 Å². The van der Waals surface area contributed by atoms with Crippen LogP contribution in [-0.4, -0.2) is 60.5 Å². The number of hydrogen-bond acceptors (Lipinski definition) is 5. The molecule has 1 heterocycles. The van der Waals surface area contributed by atoms with Crippen molar-refractivity contribution >= 4 is 29.3 Å². The van der Waals surface area contributed by atoms with Crippen LogP contribution in [0.15, 0.2) is 18.2 Å². The lowest BCUT2D eigenvalue weighted by Crippen LogP contribution is -2.41. The van der Waals surface area contributed by atoms with Crippen LogP contribution in [0.1, 0.15) is 6.42 Å². The number of ether oxygens (including phenoxy) is 1. The fraction of sp³-hybridized carbons (Fsp3) is 0.400. The standard InChI is InChI=1S/C15H18FN3O6/c16-11-6-10(19-3-4-25-8-14(19)22)1-2-12(11)18-13(21)5-9(7-20)17-15(23)24/h1-2,6,9,17,20H,3-5,7-8H2,(H,18,21)(H,23,24)/t9-/m1/s1. The van der Waals surface area contributed by atoms with Crippen LogP contribution < -0.4 is 15.5 Å². The Morgan fingerprint density at radius 3 is 2.76 bits per heavy atom. The summed E-state index contributed by atoms with van der Waals surface area (Å²) in [5, 5.41) is 21.9. The third-order valence-corrected chi connectivity index (χ3v) is 3.50. The molecule has 25 heavy (non-hydrogen) atoms. The van der Waals surface area contributed by atoms with Crippen LogP contribution in [0.3, 0.4) is 0 Å². The highest BCUT2D eigenvalue weighted by Gasteiger charge is 2.22. The Hall–Kier alpha value is -2.72. The first-order valence-corrected chi connectivity index (χ1v) is 7.48. The number of carbonyl (C=O) groups excluding carboxylic acids is 2. The molecule has 9 nitrogen and oxygen atoms in total. The molecule has 1 saturated heterocycles. The number of nitrogens with one attached hydrogen (secondary N) is 2. The van der Waals surface area contributed by atoms with Crippen LogP contribution in [-0.2, 0) is 14.3 Å². The van der Waals surface area contributed by atoms with Crippen LogP contribution >= 0.6 is 0 Å². The molecule has 1 aromatic rings. The van der Waals surface area contributed by atoms with Gasteiger partial charge >= 0.3 is 6.09 Å². The van der Waals surface area contributed by atoms with Gasteiger partial charge in [0.1, 0.15) is 12.4 Å². The molecular formula is C15H18FN3O6. The maximum atomic E-state index is 14.2. The Kier molecular flexibility index (Phi) is 6.25. The zero-order chi connectivity index (χ0) is 18.4. The lowest BCUT2D eigenvalue weighted by molar-refractivity contribution is -0.125. The second-order valence-corrected chi connectivity index (χ2v) is 5.34. The highest BCUT2D eigenvalue weighted by Crippen LogP contribution is 2.23. The third kappa shape index (κ3) is 5.13. The van der Waals surface area contributed by atoms with Crippen molar-refractivity contribution in [3.63, 3.8) is 0 Å². The molecule has 2 rings (SSSR count). The molecule has 0 aliphatic carbocycles. The molecule has 10 heteroatoms. The van der Waals surface area contributed by atoms with Gasteiger partial charge in [-0.15, -0.1) is 0 Å². The van der Waals surface area contributed by atoms with E-state index in [0.29, 0.717) is 18.8 Å². The number of hydrogen-bond donors (Lipinski definition) is 4. The van der Waals surface area contributed by atoms with Gasteiger partial charge in [0.15, 0.2) is 0 Å². The lowest BCUT2D eigenvalue weighted by Gasteiger charge is -2.27. The third-order valence-electron chi connectivity index (χ3n) is 3.50. The number of aliphatic hydroxyl groups is 1. The van der Waals surface area contributed by atoms with E-state index >= 15 is 0 Å². The zero-order valence-corrected chi connectivity index (χ0v) is 13.2. The summed E-state index contributed by atoms with van der Waals surface area (Å²) in [6.45, 7) is 0.0213. The summed E-state index contributed by atoms with van der Waals surface area (Å²) in [6, 6.07) is 2.92. The normalized spacial score (nSPS) is 15.6. The molecule has 4 N–H and O–H groups in total. The average Bonchev–Trinajstić information content (AvgIpc) is 2.56. The number of benzene rings is 1. The number of nitrogens with zero attached hydrogens (tertiary/aromatic N) is 1. The first-order chi connectivity index (χ1) is 11.9. The van der Waals surface area contributed by atoms with Gasteiger partial charge in [-0.1, -0.05) is 0 Å². The number of halogens is 1. The van der Waals surface area contributed by atoms with Gasteiger partial charge in [-0.25, -0.2) is 9.18 Å². The molecule has 0 radical (unpaired) electrons. The van der Waals surface area contributed by atoms with Crippen LogP contribution in [0.5, 0.6) is 0 Å². The molecule has 1 atom stereocenters. The largest absolute Gasteiger partial charge is 0.465 e. The topological polar surface area (TPSA) is 128 Å². The molecular weight excluding hydrogens is 337 g/mol. The van der Waals surface area contributed by atoms with Crippen LogP contribution in [0.4, 0.5) is 20.6 Å². The number of amides is 3. The minimum absolute atomic E-state index is 0.0702. The number of morpholine rings is 1. The van der Waals surface area contributed by atoms with Gasteiger partial charge in [-0.05, 0) is 18.2 Å². The molecule has 0 unspecified atom stereocenters. The van der Waals surface area contributed by atoms with Gasteiger partial charge in [-0.2, -0.15) is 0 Å². The van der Waals surface area contributed by atoms with E-state index in [1.165, 1.54) is 17.0 Å². The van der Waals surface area contributed by atoms with Crippen molar-refractivity contribution in [2.45, 2.75) is 12.5 Å². The number of carbonyl (C=O) groups is 3. The number of carboxylic acid groups (broad SMARTS) is 1. The first kappa shape index (κ1) is 18.6. The van der Waals surface area contributed by atoms with E-state index in [4.69, 9.17) is 14.9 Å². The maximum absolute atomic E-state index is 14.2. The predicted molar refractivity (Wildman–Crippen MR) is 84.9 cm³/mol. The van der Waals surface area contributed by atoms with E-state index < -0.39 is 30.5 Å². The molecule has 1 aromatic carbocycles. The van der Waals surface area contributed by atoms with Gasteiger partial charge in [0.05, 0.1) is 24.9 Å². The summed E-state index contributed by atoms with van der Waals surface area (Å²) >= 11 is 0. The number of rotatable bonds is 6. The fourth-order valence-corrected chi connectivity index (χ4v) is 2.33. The molecule has 0 aromatic heterocycles. The van der Waals surface area contributed by atoms with E-state index in [0.717, 1.165) is 6.07 Å². The first-order valence-electron chi connectivity index (χ1n) is 7.48. The smallest absolute Gasteiger partial charge is 0.404 e. The minimum atomic E-state index is -1.38. The Bertz CT molecular complexity index is 669. The maximum Gasteiger partial charge on any atom is 0.404 e. The highest BCUT2D eigenvalue weighted by molar-refractivity contribution is 5.96. The Balaban J connectivity index is 2.01. The van der Waals surface area contributed by atoms with Crippen LogP contribution in [0.25, 0.3) is 0 Å². The van der Waals surface area contributed by atoms with Crippen molar-refractivity contribution in [3.8, 4) is 0 Å². The van der Waals surface area contributed by atoms with E-state index in [1.54, 1.807) is 0 Å². The van der Waals surface area contributed by atoms with Crippen molar-refractivity contribution in [3.05, 3.63) is 24.0 Å². The minimum Gasteiger partial charge on any atom is -0.465 e. The Labute approximate surface area is 142 Å². The highest BCUT2D eigenvalue weighted by atomic mass is 19.1. The van der Waals surface area contributed by atoms with E-state index in [1.807, 2.05) is 5.32 Å². The van der Waals surface area contributed by atoms with Gasteiger partial charge in [-0.3, -0.25) is 9.59 Å². The molecule has 0 spiro atoms. The van der Waals surface area contributed by atoms with Crippen molar-refractivity contribution in [2.75, 3.05) is 36.6 Å². The van der Waals surface area contributed by atoms with Gasteiger partial charge in [0.2, 0.25) is 5.91 Å². The van der Waals surface area contributed by atoms with Gasteiger partial charge < -0.3 is 30.5 Å². The quantitative estimate of drug-likeness (QED) is 0.575. The lowest BCUT2D eigenvalue weighted by atomic mass is 10.2. The van der Waals surface area contributed by atoms with Crippen LogP contribution in [0.2, 0.25) is 0 Å². The summed E-state index contributed by atoms with van der Waals surface area (Å²) in [6.07, 6.45) is -1.73. The Morgan fingerprint density at radius 1 is 1.40 bits per heavy atom. The molecule has 1 aliphatic heterocycles. The monoisotopic (exact) mass is 355 g/mol. The van der Waals surface area contributed by atoms with Crippen molar-refractivity contribution in [2.24, 2.45) is 0 Å². The predicted octanol–water partition coefficient (Wildman–Crippen LogP) is 0.146. The van der Waals surface area contributed by atoms with E-state index in [-0.39, 0.29) is 24.6 Å². The molecule has 0 saturated carbocycles. The van der Waals surface area contributed by atoms with E-state index in [2.05, 4.69) is 5.32 Å². The molecule has 3 amide bonds. The molecule has 1 fully saturated rings. The SMILES string of the molecule is O=C(O)N[C@@H](CO)CC(=O)Nc1ccc(N2CCOCC2=O)cc1F. The van der Waals surface area contributed by atoms with Crippen molar-refractivity contribution in [1.82, 2.24) is 5.32 Å². The van der Waals surface area contributed by atoms with Crippen molar-refractivity contribution in [1.29, 1.82) is 0 Å². The summed E-state index contributed by atoms with van der Waals surface area (Å²) in [5.41, 5.74) is 0.242. The zero-order valence-electron chi connectivity index (χ0n) is 13.2. The molecule has 136 valence electrons. The summed E-state index contributed by atoms with van der Waals surface area (Å²) in [4.78, 5) is 35.5. The average molecular weight is 355 g/mol. The molecule has 0 bridgehead atoms. The van der Waals surface area contributed by atoms with Gasteiger partial charge in [0.25, 0.3) is 5.91 Å². The summed E-state index contributed by atoms with van der Waals surface area (Å²) in [7, 11) is 0. The number of aliphatic hydroxyl groups excluding tert-OH is 1. The Morgan fingerprint density at radius 2 is 2.16 bits per heavy atom. The summed E-state index contributed by atoms with van der Waals surface area (Å²) in [5.74, 6) is -1.69. The summed E-state index contributed by atoms with van der Waals surface area (Å²) < 4.78 is 19.2. The van der Waals surface area contributed by atoms with Crippen LogP contribution in [0, 0.1) is 5.82 Å². The molecule has 1 aliphatic rings. The second-order valence-electron chi connectivity index (χ2n) is 5.34. The number of anilines is 2.